The van der Waals surface area contributed by atoms with E-state index in [1.807, 2.05) is 0 Å². The van der Waals surface area contributed by atoms with Crippen molar-refractivity contribution in [1.29, 1.82) is 0 Å². The van der Waals surface area contributed by atoms with E-state index < -0.39 is 12.4 Å². The van der Waals surface area contributed by atoms with Gasteiger partial charge in [-0.25, -0.2) is 0 Å². The zero-order chi connectivity index (χ0) is 13.4. The van der Waals surface area contributed by atoms with Crippen LogP contribution in [0.2, 0.25) is 0 Å². The van der Waals surface area contributed by atoms with E-state index in [2.05, 4.69) is 6.92 Å². The first-order valence-electron chi connectivity index (χ1n) is 6.04. The SMILES string of the molecule is CCCCOCCOc1ccc([B-](F)(F)F)cc1.[K+]. The molecule has 0 aliphatic carbocycles. The van der Waals surface area contributed by atoms with Crippen molar-refractivity contribution in [2.24, 2.45) is 0 Å². The summed E-state index contributed by atoms with van der Waals surface area (Å²) in [5.41, 5.74) is -0.610. The predicted molar refractivity (Wildman–Crippen MR) is 66.4 cm³/mol. The van der Waals surface area contributed by atoms with Crippen molar-refractivity contribution in [2.45, 2.75) is 19.8 Å². The summed E-state index contributed by atoms with van der Waals surface area (Å²) in [6, 6.07) is 4.73. The van der Waals surface area contributed by atoms with Crippen LogP contribution in [0, 0.1) is 0 Å². The molecule has 0 heterocycles. The molecule has 0 fully saturated rings. The Hall–Kier alpha value is 0.471. The Labute approximate surface area is 154 Å². The third-order valence-corrected chi connectivity index (χ3v) is 2.40. The summed E-state index contributed by atoms with van der Waals surface area (Å²) in [6.07, 6.45) is 2.07. The quantitative estimate of drug-likeness (QED) is 0.495. The molecule has 0 aliphatic heterocycles. The first-order valence-corrected chi connectivity index (χ1v) is 6.04. The standard InChI is InChI=1S/C12H17BF3O2.K/c1-2-3-8-17-9-10-18-12-6-4-11(5-7-12)13(14,15)16;/h4-7H,2-3,8-10H2,1H3;/q-1;+1. The summed E-state index contributed by atoms with van der Waals surface area (Å²) >= 11 is 0. The molecule has 0 aliphatic rings. The molecule has 0 radical (unpaired) electrons. The Kier molecular flexibility index (Phi) is 10.5. The first-order chi connectivity index (χ1) is 8.54. The smallest absolute Gasteiger partial charge is 0.491 e. The van der Waals surface area contributed by atoms with Gasteiger partial charge in [-0.15, -0.1) is 5.46 Å². The molecule has 1 rings (SSSR count). The van der Waals surface area contributed by atoms with Crippen molar-refractivity contribution in [3.05, 3.63) is 24.3 Å². The second-order valence-electron chi connectivity index (χ2n) is 3.96. The van der Waals surface area contributed by atoms with Crippen molar-refractivity contribution in [3.63, 3.8) is 0 Å². The van der Waals surface area contributed by atoms with Gasteiger partial charge in [0, 0.05) is 6.61 Å². The van der Waals surface area contributed by atoms with Crippen LogP contribution in [0.3, 0.4) is 0 Å². The Morgan fingerprint density at radius 2 is 1.63 bits per heavy atom. The second kappa shape index (κ2) is 10.2. The first kappa shape index (κ1) is 19.5. The predicted octanol–water partition coefficient (Wildman–Crippen LogP) is -0.0595. The average molecular weight is 300 g/mol. The van der Waals surface area contributed by atoms with E-state index in [-0.39, 0.29) is 51.4 Å². The molecule has 0 aromatic heterocycles. The van der Waals surface area contributed by atoms with E-state index in [9.17, 15) is 12.9 Å². The van der Waals surface area contributed by atoms with Crippen molar-refractivity contribution in [1.82, 2.24) is 0 Å². The molecular weight excluding hydrogens is 283 g/mol. The van der Waals surface area contributed by atoms with Gasteiger partial charge in [-0.05, 0) is 18.6 Å². The van der Waals surface area contributed by atoms with E-state index in [0.29, 0.717) is 25.6 Å². The Morgan fingerprint density at radius 1 is 1.00 bits per heavy atom. The number of hydrogen-bond acceptors (Lipinski definition) is 2. The van der Waals surface area contributed by atoms with Crippen LogP contribution in [0.5, 0.6) is 5.75 Å². The maximum absolute atomic E-state index is 12.3. The van der Waals surface area contributed by atoms with E-state index in [1.54, 1.807) is 0 Å². The zero-order valence-corrected chi connectivity index (χ0v) is 14.5. The fourth-order valence-electron chi connectivity index (χ4n) is 1.35. The summed E-state index contributed by atoms with van der Waals surface area (Å²) in [5.74, 6) is 0.429. The molecule has 0 saturated heterocycles. The van der Waals surface area contributed by atoms with Crippen LogP contribution in [0.1, 0.15) is 19.8 Å². The number of halogens is 3. The van der Waals surface area contributed by atoms with Gasteiger partial charge in [-0.2, -0.15) is 0 Å². The molecule has 2 nitrogen and oxygen atoms in total. The minimum absolute atomic E-state index is 0. The molecule has 0 unspecified atom stereocenters. The molecule has 0 N–H and O–H groups in total. The second-order valence-corrected chi connectivity index (χ2v) is 3.96. The molecule has 1 aromatic carbocycles. The van der Waals surface area contributed by atoms with Crippen LogP contribution in [-0.2, 0) is 4.74 Å². The van der Waals surface area contributed by atoms with Crippen LogP contribution in [0.4, 0.5) is 12.9 Å². The molecular formula is C12H17BF3KO2. The third kappa shape index (κ3) is 8.37. The number of ether oxygens (including phenoxy) is 2. The van der Waals surface area contributed by atoms with Gasteiger partial charge in [-0.3, -0.25) is 0 Å². The number of benzene rings is 1. The van der Waals surface area contributed by atoms with Crippen molar-refractivity contribution < 1.29 is 73.8 Å². The van der Waals surface area contributed by atoms with Crippen LogP contribution >= 0.6 is 0 Å². The average Bonchev–Trinajstić information content (AvgIpc) is 2.33. The van der Waals surface area contributed by atoms with Gasteiger partial charge in [0.1, 0.15) is 12.4 Å². The van der Waals surface area contributed by atoms with E-state index in [1.165, 1.54) is 12.1 Å². The van der Waals surface area contributed by atoms with Gasteiger partial charge in [0.15, 0.2) is 0 Å². The summed E-state index contributed by atoms with van der Waals surface area (Å²) in [6.45, 7) is -1.37. The number of hydrogen-bond donors (Lipinski definition) is 0. The molecule has 0 atom stereocenters. The summed E-state index contributed by atoms with van der Waals surface area (Å²) in [5, 5.41) is 0. The fourth-order valence-corrected chi connectivity index (χ4v) is 1.35. The largest absolute Gasteiger partial charge is 1.00 e. The topological polar surface area (TPSA) is 18.5 Å². The van der Waals surface area contributed by atoms with Gasteiger partial charge in [-0.1, -0.05) is 25.5 Å². The molecule has 1 aromatic rings. The molecule has 7 heteroatoms. The van der Waals surface area contributed by atoms with Crippen molar-refractivity contribution in [3.8, 4) is 5.75 Å². The van der Waals surface area contributed by atoms with Crippen LogP contribution in [0.25, 0.3) is 0 Å². The molecule has 0 bridgehead atoms. The third-order valence-electron chi connectivity index (χ3n) is 2.40. The normalized spacial score (nSPS) is 10.9. The van der Waals surface area contributed by atoms with Crippen LogP contribution in [0.15, 0.2) is 24.3 Å². The summed E-state index contributed by atoms with van der Waals surface area (Å²) in [7, 11) is 0. The van der Waals surface area contributed by atoms with Gasteiger partial charge in [0.25, 0.3) is 0 Å². The molecule has 19 heavy (non-hydrogen) atoms. The molecule has 102 valence electrons. The number of unbranched alkanes of at least 4 members (excludes halogenated alkanes) is 1. The maximum Gasteiger partial charge on any atom is 1.00 e. The number of rotatable bonds is 8. The molecule has 0 spiro atoms. The summed E-state index contributed by atoms with van der Waals surface area (Å²) in [4.78, 5) is 0. The van der Waals surface area contributed by atoms with Gasteiger partial charge < -0.3 is 22.4 Å². The minimum Gasteiger partial charge on any atom is -0.491 e. The van der Waals surface area contributed by atoms with E-state index >= 15 is 0 Å². The monoisotopic (exact) mass is 300 g/mol. The Balaban J connectivity index is 0.00000324. The van der Waals surface area contributed by atoms with Crippen LogP contribution in [-0.4, -0.2) is 26.8 Å². The Morgan fingerprint density at radius 3 is 2.16 bits per heavy atom. The maximum atomic E-state index is 12.3. The van der Waals surface area contributed by atoms with E-state index in [0.717, 1.165) is 25.0 Å². The molecule has 0 amide bonds. The molecule has 0 saturated carbocycles. The summed E-state index contributed by atoms with van der Waals surface area (Å²) < 4.78 is 47.6. The van der Waals surface area contributed by atoms with Gasteiger partial charge in [0.05, 0.1) is 6.61 Å². The van der Waals surface area contributed by atoms with Crippen LogP contribution < -0.4 is 61.6 Å². The van der Waals surface area contributed by atoms with Gasteiger partial charge >= 0.3 is 58.4 Å². The van der Waals surface area contributed by atoms with Crippen molar-refractivity contribution in [2.75, 3.05) is 19.8 Å². The van der Waals surface area contributed by atoms with Gasteiger partial charge in [0.2, 0.25) is 0 Å². The fraction of sp³-hybridized carbons (Fsp3) is 0.500. The minimum atomic E-state index is -4.93. The Bertz CT molecular complexity index is 344. The zero-order valence-electron chi connectivity index (χ0n) is 11.4. The van der Waals surface area contributed by atoms with Crippen molar-refractivity contribution >= 4 is 12.4 Å². The van der Waals surface area contributed by atoms with E-state index in [4.69, 9.17) is 9.47 Å².